The fourth-order valence-electron chi connectivity index (χ4n) is 5.60. The normalized spacial score (nSPS) is 14.8. The van der Waals surface area contributed by atoms with Crippen LogP contribution in [0.2, 0.25) is 0 Å². The second-order valence-electron chi connectivity index (χ2n) is 14.0. The third-order valence-electron chi connectivity index (χ3n) is 8.98. The van der Waals surface area contributed by atoms with Crippen molar-refractivity contribution in [3.63, 3.8) is 0 Å². The standard InChI is InChI=1S/C18H15N2O.C12H8NO.C12H13N.C6H7N.C6H5.C5H5N.4CH4.2Ir/c1-5-14-15-8-7-12(3)20-18(15)21-17(14)13(4)16-9-6-11(2)10-19-16;1-8-6-7-10-9-4-2-3-5-11(9)14-12(10)13-8;1-3-10(2)9-12(13)11-7-5-4-6-8-11;1-6-2-4-7-5-3-6;2*1-2-4-6-5-3-1;;;;;;/h4-10H,1H2,2-3H3;2,4-7H,1H3;3-7,10H,1,9H2,2H3;2-5H,1H3;2*1-5H;4*1H4;;/q2*-1;-2;;-1;;;;;;;+3/i2D3,3D3,6D,9D;1D3;;;;1D,2D;4*1D3;;. The van der Waals surface area contributed by atoms with E-state index in [1.807, 2.05) is 86.7 Å². The maximum atomic E-state index is 9.66. The van der Waals surface area contributed by atoms with Crippen LogP contribution >= 0.6 is 0 Å². The summed E-state index contributed by atoms with van der Waals surface area (Å²) in [5.41, 5.74) is 3.13. The molecule has 73 heavy (non-hydrogen) atoms. The number of hydrogen-bond acceptors (Lipinski definition) is 7. The largest absolute Gasteiger partial charge is 3.00 e. The average Bonchev–Trinajstić information content (AvgIpc) is 1.57. The van der Waals surface area contributed by atoms with E-state index in [9.17, 15) is 5.41 Å². The van der Waals surface area contributed by atoms with Gasteiger partial charge in [0.1, 0.15) is 0 Å². The monoisotopic (exact) mass is 1350 g/mol. The molecule has 0 aliphatic carbocycles. The van der Waals surface area contributed by atoms with Crippen LogP contribution in [0.4, 0.5) is 0 Å². The number of benzene rings is 3. The third kappa shape index (κ3) is 22.1. The number of pyridine rings is 5. The Morgan fingerprint density at radius 1 is 0.767 bits per heavy atom. The van der Waals surface area contributed by atoms with Gasteiger partial charge in [0.15, 0.2) is 0 Å². The van der Waals surface area contributed by atoms with Crippen LogP contribution in [0.3, 0.4) is 0 Å². The number of fused-ring (bicyclic) bond motifs is 4. The van der Waals surface area contributed by atoms with Crippen LogP contribution in [0.15, 0.2) is 198 Å². The first-order chi connectivity index (χ1) is 44.8. The van der Waals surface area contributed by atoms with Gasteiger partial charge in [0.2, 0.25) is 11.4 Å². The molecule has 10 rings (SSSR count). The Morgan fingerprint density at radius 3 is 1.97 bits per heavy atom. The number of hydrogen-bond donors (Lipinski definition) is 0. The van der Waals surface area contributed by atoms with Gasteiger partial charge in [-0.3, -0.25) is 15.7 Å². The molecule has 0 spiro atoms. The van der Waals surface area contributed by atoms with Crippen LogP contribution in [-0.2, 0) is 40.2 Å². The van der Waals surface area contributed by atoms with Gasteiger partial charge in [-0.25, -0.2) is 16.5 Å². The molecule has 1 atom stereocenters. The Hall–Kier alpha value is -7.06. The van der Waals surface area contributed by atoms with E-state index in [1.165, 1.54) is 48.3 Å². The van der Waals surface area contributed by atoms with E-state index >= 15 is 0 Å². The van der Waals surface area contributed by atoms with Gasteiger partial charge in [-0.2, -0.15) is 60.2 Å². The molecule has 0 saturated carbocycles. The number of aryl methyl sites for hydroxylation is 4. The van der Waals surface area contributed by atoms with Crippen LogP contribution in [0.5, 0.6) is 0 Å². The predicted molar refractivity (Wildman–Crippen MR) is 302 cm³/mol. The van der Waals surface area contributed by atoms with E-state index in [-0.39, 0.29) is 92.0 Å². The summed E-state index contributed by atoms with van der Waals surface area (Å²) in [6, 6.07) is 42.1. The SMILES string of the molecule is C=CC(C)CC(=[N-])c1[c-]cccc1.Cc1ccncc1.[2H]C([2H])([2H])c1ccc2c(n1)oc1c[c-]ccc12.[2H]C([2H])[2H].[2H]C([2H])[2H].[2H]C([2H])[2H].[2H]C([2H])[2H].[2H]c1c(C([2H])([2H])[2H])cnc(C(=[CH-])c2oc3nc(C([2H])([2H])[2H])ccc3c2C=C)c1[2H].[2H]c1ccncc1[2H].[Ir+3].[Ir].[c-]1ccccc1. The van der Waals surface area contributed by atoms with Crippen molar-refractivity contribution in [1.82, 2.24) is 24.9 Å². The summed E-state index contributed by atoms with van der Waals surface area (Å²) in [6.45, 7) is 10.4. The van der Waals surface area contributed by atoms with Gasteiger partial charge in [0.25, 0.3) is 0 Å². The van der Waals surface area contributed by atoms with Crippen molar-refractivity contribution >= 4 is 50.5 Å². The van der Waals surface area contributed by atoms with E-state index in [2.05, 4.69) is 56.3 Å². The molecule has 0 saturated heterocycles. The first-order valence-electron chi connectivity index (χ1n) is 33.9. The molecular formula is C63H69Ir2N6O2-2. The first kappa shape index (κ1) is 35.2. The van der Waals surface area contributed by atoms with Crippen LogP contribution in [0.25, 0.3) is 50.2 Å². The molecule has 7 heterocycles. The Labute approximate surface area is 498 Å². The summed E-state index contributed by atoms with van der Waals surface area (Å²) in [5.74, 6) is 0.348. The predicted octanol–water partition coefficient (Wildman–Crippen LogP) is 17.0. The van der Waals surface area contributed by atoms with Crippen LogP contribution in [0, 0.1) is 58.2 Å². The van der Waals surface area contributed by atoms with E-state index in [4.69, 9.17) is 49.7 Å². The Bertz CT molecular complexity index is 3830. The Morgan fingerprint density at radius 2 is 1.44 bits per heavy atom. The molecular weight excluding hydrogens is 1260 g/mol. The number of rotatable bonds is 7. The average molecular weight is 1350 g/mol. The van der Waals surface area contributed by atoms with E-state index < -0.39 is 62.1 Å². The summed E-state index contributed by atoms with van der Waals surface area (Å²) in [5, 5.41) is 11.9. The zero-order valence-corrected chi connectivity index (χ0v) is 44.6. The second-order valence-corrected chi connectivity index (χ2v) is 14.0. The molecule has 1 unspecified atom stereocenters. The fourth-order valence-corrected chi connectivity index (χ4v) is 5.60. The number of aromatic nitrogens is 5. The van der Waals surface area contributed by atoms with Crippen LogP contribution in [0.1, 0.15) is 122 Å². The quantitative estimate of drug-likeness (QED) is 0.0887. The summed E-state index contributed by atoms with van der Waals surface area (Å²) < 4.78 is 179. The Kier molecular flexibility index (Phi) is 17.7. The Balaban J connectivity index is 0. The molecule has 383 valence electrons. The van der Waals surface area contributed by atoms with Crippen molar-refractivity contribution in [2.45, 2.75) is 70.2 Å². The number of nitrogens with zero attached hydrogens (tertiary/aromatic N) is 6. The summed E-state index contributed by atoms with van der Waals surface area (Å²) >= 11 is 0. The molecule has 0 bridgehead atoms. The van der Waals surface area contributed by atoms with Crippen molar-refractivity contribution in [3.05, 3.63) is 265 Å². The molecule has 7 aromatic heterocycles. The van der Waals surface area contributed by atoms with Crippen molar-refractivity contribution in [2.24, 2.45) is 5.92 Å². The van der Waals surface area contributed by atoms with Gasteiger partial charge in [-0.05, 0) is 104 Å². The second kappa shape index (κ2) is 36.8. The molecule has 10 heteroatoms. The van der Waals surface area contributed by atoms with Crippen LogP contribution < -0.4 is 0 Å². The van der Waals surface area contributed by atoms with Crippen molar-refractivity contribution in [3.8, 4) is 0 Å². The van der Waals surface area contributed by atoms with Gasteiger partial charge in [-0.1, -0.05) is 85.0 Å². The molecule has 10 aromatic rings. The van der Waals surface area contributed by atoms with E-state index in [1.54, 1.807) is 36.7 Å². The summed E-state index contributed by atoms with van der Waals surface area (Å²) in [4.78, 5) is 19.5. The van der Waals surface area contributed by atoms with Crippen molar-refractivity contribution in [2.75, 3.05) is 0 Å². The molecule has 0 fully saturated rings. The van der Waals surface area contributed by atoms with E-state index in [0.29, 0.717) is 40.3 Å². The maximum Gasteiger partial charge on any atom is 3.00 e. The molecule has 0 N–H and O–H groups in total. The number of allylic oxidation sites excluding steroid dienone is 1. The molecule has 0 aliphatic heterocycles. The molecule has 0 aliphatic rings. The topological polar surface area (TPSA) is 113 Å². The van der Waals surface area contributed by atoms with Crippen molar-refractivity contribution < 1.29 is 83.3 Å². The first-order valence-corrected chi connectivity index (χ1v) is 20.5. The summed E-state index contributed by atoms with van der Waals surface area (Å²) in [6.07, 6.45) is 11.3. The smallest absolute Gasteiger partial charge is 0.859 e. The molecule has 1 radical (unpaired) electrons. The molecule has 0 amide bonds. The zero-order valence-electron chi connectivity index (χ0n) is 64.8. The third-order valence-corrected chi connectivity index (χ3v) is 8.98. The van der Waals surface area contributed by atoms with Gasteiger partial charge in [0.05, 0.1) is 5.48 Å². The molecule has 3 aromatic carbocycles. The van der Waals surface area contributed by atoms with Crippen molar-refractivity contribution in [1.29, 1.82) is 0 Å². The maximum absolute atomic E-state index is 9.66. The summed E-state index contributed by atoms with van der Waals surface area (Å²) in [7, 11) is -5.67. The minimum Gasteiger partial charge on any atom is -0.859 e. The minimum absolute atomic E-state index is 0. The van der Waals surface area contributed by atoms with E-state index in [0.717, 1.165) is 22.5 Å². The van der Waals surface area contributed by atoms with Gasteiger partial charge in [0, 0.05) is 113 Å². The van der Waals surface area contributed by atoms with Crippen LogP contribution in [-0.4, -0.2) is 30.6 Å². The van der Waals surface area contributed by atoms with Gasteiger partial charge in [-0.15, -0.1) is 48.6 Å². The molecule has 8 nitrogen and oxygen atoms in total. The number of furan rings is 2. The van der Waals surface area contributed by atoms with Gasteiger partial charge >= 0.3 is 20.1 Å². The zero-order chi connectivity index (χ0) is 73.1. The van der Waals surface area contributed by atoms with Gasteiger partial charge < -0.3 is 19.2 Å². The minimum atomic E-state index is -2.59. The fraction of sp³-hybridized carbons (Fsp3) is 0.175.